The van der Waals surface area contributed by atoms with Gasteiger partial charge in [0.1, 0.15) is 5.82 Å². The summed E-state index contributed by atoms with van der Waals surface area (Å²) in [5.41, 5.74) is 3.36. The van der Waals surface area contributed by atoms with E-state index in [0.717, 1.165) is 36.4 Å². The molecule has 0 spiro atoms. The Morgan fingerprint density at radius 1 is 1.31 bits per heavy atom. The van der Waals surface area contributed by atoms with Gasteiger partial charge in [0.2, 0.25) is 0 Å². The molecule has 0 radical (unpaired) electrons. The lowest BCUT2D eigenvalue weighted by Gasteiger charge is -2.03. The van der Waals surface area contributed by atoms with E-state index in [0.29, 0.717) is 13.0 Å². The van der Waals surface area contributed by atoms with Crippen LogP contribution in [-0.2, 0) is 17.7 Å². The van der Waals surface area contributed by atoms with Gasteiger partial charge in [0.15, 0.2) is 0 Å². The zero-order valence-electron chi connectivity index (χ0n) is 16.3. The molecule has 4 nitrogen and oxygen atoms in total. The first-order chi connectivity index (χ1) is 12.7. The van der Waals surface area contributed by atoms with Gasteiger partial charge in [-0.25, -0.2) is 4.98 Å². The second-order valence-electron chi connectivity index (χ2n) is 5.75. The van der Waals surface area contributed by atoms with Gasteiger partial charge in [-0.3, -0.25) is 0 Å². The van der Waals surface area contributed by atoms with Crippen molar-refractivity contribution in [3.63, 3.8) is 0 Å². The minimum absolute atomic E-state index is 0.156. The van der Waals surface area contributed by atoms with Crippen LogP contribution in [0.5, 0.6) is 0 Å². The summed E-state index contributed by atoms with van der Waals surface area (Å²) >= 11 is 0. The van der Waals surface area contributed by atoms with Gasteiger partial charge in [0.05, 0.1) is 24.2 Å². The standard InChI is InChI=1S/C11H14N2O.C11H18O/c1-2-13-10-6-4-3-5-9(10)12-11(13)7-8-14;1-4-7-8-11(6-3)10-12-9-5-2/h3-6,14H,2,7-8H2,1H3;4,6-8H,1,5,9-10H2,2-3H3/b;8-7-,11-6+. The SMILES string of the molecule is C=C/C=C\C(=C/C)COCCC.CCn1c(CCO)nc2ccccc21. The van der Waals surface area contributed by atoms with Crippen molar-refractivity contribution in [2.75, 3.05) is 19.8 Å². The highest BCUT2D eigenvalue weighted by molar-refractivity contribution is 5.75. The van der Waals surface area contributed by atoms with Crippen LogP contribution in [0.3, 0.4) is 0 Å². The third-order valence-corrected chi connectivity index (χ3v) is 3.82. The number of hydrogen-bond donors (Lipinski definition) is 1. The first kappa shape index (κ1) is 21.9. The third-order valence-electron chi connectivity index (χ3n) is 3.82. The van der Waals surface area contributed by atoms with Crippen molar-refractivity contribution in [3.05, 3.63) is 66.5 Å². The largest absolute Gasteiger partial charge is 0.396 e. The Morgan fingerprint density at radius 3 is 2.69 bits per heavy atom. The highest BCUT2D eigenvalue weighted by Crippen LogP contribution is 2.15. The average molecular weight is 357 g/mol. The first-order valence-corrected chi connectivity index (χ1v) is 9.28. The maximum Gasteiger partial charge on any atom is 0.112 e. The Kier molecular flexibility index (Phi) is 11.0. The van der Waals surface area contributed by atoms with E-state index in [1.165, 1.54) is 5.57 Å². The Bertz CT molecular complexity index is 714. The van der Waals surface area contributed by atoms with E-state index in [9.17, 15) is 0 Å². The van der Waals surface area contributed by atoms with Gasteiger partial charge >= 0.3 is 0 Å². The van der Waals surface area contributed by atoms with Crippen molar-refractivity contribution < 1.29 is 9.84 Å². The molecule has 1 N–H and O–H groups in total. The molecule has 2 aromatic rings. The van der Waals surface area contributed by atoms with Crippen molar-refractivity contribution in [1.82, 2.24) is 9.55 Å². The van der Waals surface area contributed by atoms with Gasteiger partial charge < -0.3 is 14.4 Å². The van der Waals surface area contributed by atoms with Crippen LogP contribution >= 0.6 is 0 Å². The van der Waals surface area contributed by atoms with Crippen LogP contribution in [0.15, 0.2) is 60.7 Å². The quantitative estimate of drug-likeness (QED) is 0.524. The van der Waals surface area contributed by atoms with Gasteiger partial charge in [-0.1, -0.05) is 49.9 Å². The number of nitrogens with zero attached hydrogens (tertiary/aromatic N) is 2. The van der Waals surface area contributed by atoms with Gasteiger partial charge in [-0.15, -0.1) is 0 Å². The fraction of sp³-hybridized carbons (Fsp3) is 0.409. The summed E-state index contributed by atoms with van der Waals surface area (Å²) in [4.78, 5) is 4.48. The summed E-state index contributed by atoms with van der Waals surface area (Å²) < 4.78 is 7.52. The fourth-order valence-corrected chi connectivity index (χ4v) is 2.52. The lowest BCUT2D eigenvalue weighted by molar-refractivity contribution is 0.158. The van der Waals surface area contributed by atoms with E-state index in [1.54, 1.807) is 6.08 Å². The van der Waals surface area contributed by atoms with Crippen LogP contribution in [0.4, 0.5) is 0 Å². The summed E-state index contributed by atoms with van der Waals surface area (Å²) in [7, 11) is 0. The van der Waals surface area contributed by atoms with Gasteiger partial charge in [0.25, 0.3) is 0 Å². The number of aromatic nitrogens is 2. The van der Waals surface area contributed by atoms with Gasteiger partial charge in [-0.05, 0) is 38.0 Å². The smallest absolute Gasteiger partial charge is 0.112 e. The predicted molar refractivity (Wildman–Crippen MR) is 110 cm³/mol. The van der Waals surface area contributed by atoms with E-state index in [4.69, 9.17) is 9.84 Å². The summed E-state index contributed by atoms with van der Waals surface area (Å²) in [6.45, 7) is 12.4. The van der Waals surface area contributed by atoms with Gasteiger partial charge in [-0.2, -0.15) is 0 Å². The highest BCUT2D eigenvalue weighted by Gasteiger charge is 2.07. The molecule has 0 saturated heterocycles. The van der Waals surface area contributed by atoms with Crippen LogP contribution in [0.1, 0.15) is 33.0 Å². The number of ether oxygens (including phenoxy) is 1. The van der Waals surface area contributed by atoms with Crippen molar-refractivity contribution in [2.45, 2.75) is 40.2 Å². The Hall–Kier alpha value is -2.17. The minimum Gasteiger partial charge on any atom is -0.396 e. The van der Waals surface area contributed by atoms with Crippen LogP contribution in [-0.4, -0.2) is 34.5 Å². The monoisotopic (exact) mass is 356 g/mol. The summed E-state index contributed by atoms with van der Waals surface area (Å²) in [5.74, 6) is 0.969. The van der Waals surface area contributed by atoms with E-state index in [-0.39, 0.29) is 6.61 Å². The second-order valence-corrected chi connectivity index (χ2v) is 5.75. The number of aryl methyl sites for hydroxylation is 1. The van der Waals surface area contributed by atoms with Crippen LogP contribution in [0.25, 0.3) is 11.0 Å². The molecule has 0 aliphatic rings. The zero-order valence-corrected chi connectivity index (χ0v) is 16.3. The molecule has 0 aliphatic heterocycles. The maximum atomic E-state index is 8.91. The zero-order chi connectivity index (χ0) is 19.2. The highest BCUT2D eigenvalue weighted by atomic mass is 16.5. The molecule has 0 bridgehead atoms. The molecule has 142 valence electrons. The molecule has 1 aromatic carbocycles. The number of hydrogen-bond acceptors (Lipinski definition) is 3. The number of imidazole rings is 1. The van der Waals surface area contributed by atoms with Crippen molar-refractivity contribution in [3.8, 4) is 0 Å². The lowest BCUT2D eigenvalue weighted by Crippen LogP contribution is -2.03. The van der Waals surface area contributed by atoms with Crippen LogP contribution in [0.2, 0.25) is 0 Å². The molecular weight excluding hydrogens is 324 g/mol. The van der Waals surface area contributed by atoms with E-state index in [2.05, 4.69) is 42.1 Å². The minimum atomic E-state index is 0.156. The van der Waals surface area contributed by atoms with Crippen molar-refractivity contribution in [2.24, 2.45) is 0 Å². The van der Waals surface area contributed by atoms with Crippen molar-refractivity contribution in [1.29, 1.82) is 0 Å². The Balaban J connectivity index is 0.000000265. The fourth-order valence-electron chi connectivity index (χ4n) is 2.52. The number of aliphatic hydroxyl groups excluding tert-OH is 1. The Labute approximate surface area is 157 Å². The van der Waals surface area contributed by atoms with Crippen LogP contribution < -0.4 is 0 Å². The number of benzene rings is 1. The summed E-state index contributed by atoms with van der Waals surface area (Å²) in [5, 5.41) is 8.91. The normalized spacial score (nSPS) is 11.6. The van der Waals surface area contributed by atoms with E-state index >= 15 is 0 Å². The molecule has 0 aliphatic carbocycles. The second kappa shape index (κ2) is 13.1. The topological polar surface area (TPSA) is 47.3 Å². The molecule has 0 amide bonds. The average Bonchev–Trinajstić information content (AvgIpc) is 3.02. The number of rotatable bonds is 9. The van der Waals surface area contributed by atoms with Crippen molar-refractivity contribution >= 4 is 11.0 Å². The van der Waals surface area contributed by atoms with Crippen LogP contribution in [0, 0.1) is 0 Å². The molecule has 0 fully saturated rings. The first-order valence-electron chi connectivity index (χ1n) is 9.28. The molecule has 0 atom stereocenters. The van der Waals surface area contributed by atoms with E-state index in [1.807, 2.05) is 37.3 Å². The molecule has 0 saturated carbocycles. The predicted octanol–water partition coefficient (Wildman–Crippen LogP) is 4.69. The lowest BCUT2D eigenvalue weighted by atomic mass is 10.2. The summed E-state index contributed by atoms with van der Waals surface area (Å²) in [6, 6.07) is 8.06. The number of allylic oxidation sites excluding steroid dienone is 3. The number of aliphatic hydroxyl groups is 1. The molecule has 26 heavy (non-hydrogen) atoms. The van der Waals surface area contributed by atoms with E-state index < -0.39 is 0 Å². The van der Waals surface area contributed by atoms with Gasteiger partial charge in [0, 0.05) is 19.6 Å². The number of para-hydroxylation sites is 2. The molecule has 2 rings (SSSR count). The molecule has 1 heterocycles. The molecule has 1 aromatic heterocycles. The third kappa shape index (κ3) is 6.98. The molecule has 0 unspecified atom stereocenters. The number of fused-ring (bicyclic) bond motifs is 1. The summed E-state index contributed by atoms with van der Waals surface area (Å²) in [6.07, 6.45) is 9.46. The maximum absolute atomic E-state index is 8.91. The molecule has 4 heteroatoms. The Morgan fingerprint density at radius 2 is 2.08 bits per heavy atom. The molecular formula is C22H32N2O2.